The van der Waals surface area contributed by atoms with Crippen LogP contribution >= 0.6 is 0 Å². The standard InChI is InChI=1S/C14H25NO/c15-8-11-2-1-10-7-12(16)5-3-9-4-6-13(11)14(9)10/h9-14,16H,1-8,15H2. The van der Waals surface area contributed by atoms with Gasteiger partial charge < -0.3 is 10.8 Å². The van der Waals surface area contributed by atoms with Crippen LogP contribution in [-0.2, 0) is 0 Å². The summed E-state index contributed by atoms with van der Waals surface area (Å²) >= 11 is 0. The first-order chi connectivity index (χ1) is 7.79. The van der Waals surface area contributed by atoms with E-state index in [1.807, 2.05) is 0 Å². The average molecular weight is 223 g/mol. The molecule has 16 heavy (non-hydrogen) atoms. The van der Waals surface area contributed by atoms with E-state index in [9.17, 15) is 5.11 Å². The molecule has 0 spiro atoms. The molecule has 0 aromatic carbocycles. The third-order valence-electron chi connectivity index (χ3n) is 5.72. The summed E-state index contributed by atoms with van der Waals surface area (Å²) in [5.41, 5.74) is 5.93. The minimum absolute atomic E-state index is 0.00863. The molecule has 0 radical (unpaired) electrons. The maximum absolute atomic E-state index is 9.95. The van der Waals surface area contributed by atoms with Crippen LogP contribution in [-0.4, -0.2) is 17.8 Å². The van der Waals surface area contributed by atoms with Gasteiger partial charge in [0.2, 0.25) is 0 Å². The summed E-state index contributed by atoms with van der Waals surface area (Å²) in [7, 11) is 0. The third-order valence-corrected chi connectivity index (χ3v) is 5.72. The maximum Gasteiger partial charge on any atom is 0.0543 e. The zero-order valence-electron chi connectivity index (χ0n) is 10.1. The van der Waals surface area contributed by atoms with Gasteiger partial charge >= 0.3 is 0 Å². The van der Waals surface area contributed by atoms with Crippen molar-refractivity contribution >= 4 is 0 Å². The Bertz CT molecular complexity index is 255. The Labute approximate surface area is 98.6 Å². The lowest BCUT2D eigenvalue weighted by Gasteiger charge is -2.41. The Morgan fingerprint density at radius 2 is 1.69 bits per heavy atom. The van der Waals surface area contributed by atoms with Gasteiger partial charge in [-0.25, -0.2) is 0 Å². The van der Waals surface area contributed by atoms with Gasteiger partial charge in [-0.3, -0.25) is 0 Å². The third kappa shape index (κ3) is 1.70. The van der Waals surface area contributed by atoms with Crippen LogP contribution < -0.4 is 5.73 Å². The van der Waals surface area contributed by atoms with Crippen LogP contribution in [0.25, 0.3) is 0 Å². The molecule has 3 aliphatic rings. The van der Waals surface area contributed by atoms with Gasteiger partial charge in [-0.1, -0.05) is 0 Å². The predicted octanol–water partition coefficient (Wildman–Crippen LogP) is 2.16. The van der Waals surface area contributed by atoms with Crippen LogP contribution in [0.3, 0.4) is 0 Å². The molecule has 3 N–H and O–H groups in total. The molecule has 2 heteroatoms. The van der Waals surface area contributed by atoms with E-state index < -0.39 is 0 Å². The highest BCUT2D eigenvalue weighted by Crippen LogP contribution is 2.55. The van der Waals surface area contributed by atoms with Crippen LogP contribution in [0.1, 0.15) is 44.9 Å². The van der Waals surface area contributed by atoms with E-state index in [2.05, 4.69) is 0 Å². The van der Waals surface area contributed by atoms with Crippen molar-refractivity contribution in [2.75, 3.05) is 6.54 Å². The average Bonchev–Trinajstić information content (AvgIpc) is 2.64. The first-order valence-corrected chi connectivity index (χ1v) is 7.17. The summed E-state index contributed by atoms with van der Waals surface area (Å²) in [4.78, 5) is 0. The second-order valence-electron chi connectivity index (χ2n) is 6.38. The van der Waals surface area contributed by atoms with Crippen molar-refractivity contribution in [2.24, 2.45) is 35.3 Å². The number of aliphatic hydroxyl groups is 1. The Hall–Kier alpha value is -0.0800. The lowest BCUT2D eigenvalue weighted by atomic mass is 9.65. The molecular weight excluding hydrogens is 198 g/mol. The molecule has 3 aliphatic carbocycles. The van der Waals surface area contributed by atoms with Crippen LogP contribution in [0, 0.1) is 29.6 Å². The van der Waals surface area contributed by atoms with E-state index in [1.54, 1.807) is 0 Å². The predicted molar refractivity (Wildman–Crippen MR) is 64.8 cm³/mol. The van der Waals surface area contributed by atoms with E-state index >= 15 is 0 Å². The molecule has 3 saturated carbocycles. The highest BCUT2D eigenvalue weighted by molar-refractivity contribution is 4.98. The Morgan fingerprint density at radius 1 is 0.938 bits per heavy atom. The zero-order chi connectivity index (χ0) is 11.1. The lowest BCUT2D eigenvalue weighted by molar-refractivity contribution is 0.0682. The molecule has 0 bridgehead atoms. The summed E-state index contributed by atoms with van der Waals surface area (Å²) in [6.45, 7) is 0.892. The molecule has 0 aromatic heterocycles. The van der Waals surface area contributed by atoms with E-state index in [4.69, 9.17) is 5.73 Å². The van der Waals surface area contributed by atoms with Gasteiger partial charge in [0.05, 0.1) is 6.10 Å². The first kappa shape index (κ1) is 11.0. The SMILES string of the molecule is NCC1CCC2CC(O)CCC3CCC1C32. The monoisotopic (exact) mass is 223 g/mol. The quantitative estimate of drug-likeness (QED) is 0.715. The molecule has 2 nitrogen and oxygen atoms in total. The normalized spacial score (nSPS) is 52.1. The molecule has 0 aromatic rings. The Morgan fingerprint density at radius 3 is 2.50 bits per heavy atom. The van der Waals surface area contributed by atoms with Gasteiger partial charge in [0.15, 0.2) is 0 Å². The topological polar surface area (TPSA) is 46.2 Å². The van der Waals surface area contributed by atoms with Crippen LogP contribution in [0.4, 0.5) is 0 Å². The second-order valence-corrected chi connectivity index (χ2v) is 6.38. The minimum atomic E-state index is -0.00863. The number of hydrogen-bond acceptors (Lipinski definition) is 2. The largest absolute Gasteiger partial charge is 0.393 e. The molecule has 92 valence electrons. The van der Waals surface area contributed by atoms with E-state index in [0.717, 1.165) is 49.0 Å². The lowest BCUT2D eigenvalue weighted by Crippen LogP contribution is -2.37. The minimum Gasteiger partial charge on any atom is -0.393 e. The summed E-state index contributed by atoms with van der Waals surface area (Å²) in [5.74, 6) is 4.35. The Kier molecular flexibility index (Phi) is 2.97. The summed E-state index contributed by atoms with van der Waals surface area (Å²) in [6.07, 6.45) is 8.88. The van der Waals surface area contributed by atoms with Gasteiger partial charge in [0, 0.05) is 0 Å². The van der Waals surface area contributed by atoms with Crippen molar-refractivity contribution in [2.45, 2.75) is 51.0 Å². The zero-order valence-corrected chi connectivity index (χ0v) is 10.1. The van der Waals surface area contributed by atoms with Crippen molar-refractivity contribution in [3.05, 3.63) is 0 Å². The van der Waals surface area contributed by atoms with Gasteiger partial charge in [-0.05, 0) is 81.1 Å². The Balaban J connectivity index is 1.82. The van der Waals surface area contributed by atoms with Gasteiger partial charge in [0.1, 0.15) is 0 Å². The van der Waals surface area contributed by atoms with Crippen molar-refractivity contribution in [3.63, 3.8) is 0 Å². The van der Waals surface area contributed by atoms with Crippen molar-refractivity contribution in [3.8, 4) is 0 Å². The van der Waals surface area contributed by atoms with E-state index in [0.29, 0.717) is 0 Å². The van der Waals surface area contributed by atoms with Crippen molar-refractivity contribution < 1.29 is 5.11 Å². The van der Waals surface area contributed by atoms with E-state index in [-0.39, 0.29) is 6.10 Å². The smallest absolute Gasteiger partial charge is 0.0543 e. The molecule has 0 amide bonds. The van der Waals surface area contributed by atoms with Gasteiger partial charge in [0.25, 0.3) is 0 Å². The molecular formula is C14H25NO. The fourth-order valence-corrected chi connectivity index (χ4v) is 5.04. The van der Waals surface area contributed by atoms with Crippen molar-refractivity contribution in [1.29, 1.82) is 0 Å². The second kappa shape index (κ2) is 4.30. The first-order valence-electron chi connectivity index (χ1n) is 7.17. The van der Waals surface area contributed by atoms with Gasteiger partial charge in [-0.2, -0.15) is 0 Å². The molecule has 0 aliphatic heterocycles. The highest BCUT2D eigenvalue weighted by atomic mass is 16.3. The van der Waals surface area contributed by atoms with Crippen LogP contribution in [0.2, 0.25) is 0 Å². The molecule has 0 heterocycles. The number of aliphatic hydroxyl groups excluding tert-OH is 1. The van der Waals surface area contributed by atoms with Gasteiger partial charge in [-0.15, -0.1) is 0 Å². The summed E-state index contributed by atoms with van der Waals surface area (Å²) in [6, 6.07) is 0. The van der Waals surface area contributed by atoms with Crippen LogP contribution in [0.15, 0.2) is 0 Å². The molecule has 3 fully saturated rings. The molecule has 6 unspecified atom stereocenters. The molecule has 0 saturated heterocycles. The maximum atomic E-state index is 9.95. The highest BCUT2D eigenvalue weighted by Gasteiger charge is 2.47. The van der Waals surface area contributed by atoms with E-state index in [1.165, 1.54) is 32.1 Å². The summed E-state index contributed by atoms with van der Waals surface area (Å²) < 4.78 is 0. The number of nitrogens with two attached hydrogens (primary N) is 1. The number of hydrogen-bond donors (Lipinski definition) is 2. The molecule has 6 atom stereocenters. The summed E-state index contributed by atoms with van der Waals surface area (Å²) in [5, 5.41) is 9.95. The molecule has 3 rings (SSSR count). The van der Waals surface area contributed by atoms with Crippen molar-refractivity contribution in [1.82, 2.24) is 0 Å². The fourth-order valence-electron chi connectivity index (χ4n) is 5.04. The van der Waals surface area contributed by atoms with Crippen LogP contribution in [0.5, 0.6) is 0 Å². The number of rotatable bonds is 1. The fraction of sp³-hybridized carbons (Fsp3) is 1.00.